The Balaban J connectivity index is 4.09. The molecule has 0 saturated heterocycles. The first-order valence-corrected chi connectivity index (χ1v) is 4.13. The minimum Gasteiger partial charge on any atom is -0.330 e. The molecule has 0 aliphatic rings. The SMILES string of the molecule is CC(C)C(C)(C)[C@@H](C)CN. The molecule has 0 amide bonds. The van der Waals surface area contributed by atoms with Crippen LogP contribution in [-0.2, 0) is 0 Å². The van der Waals surface area contributed by atoms with Gasteiger partial charge in [-0.15, -0.1) is 0 Å². The zero-order valence-corrected chi connectivity index (χ0v) is 7.94. The van der Waals surface area contributed by atoms with Crippen molar-refractivity contribution in [2.75, 3.05) is 6.54 Å². The molecule has 0 fully saturated rings. The quantitative estimate of drug-likeness (QED) is 0.644. The molecule has 62 valence electrons. The van der Waals surface area contributed by atoms with Gasteiger partial charge in [-0.05, 0) is 23.8 Å². The Morgan fingerprint density at radius 3 is 1.70 bits per heavy atom. The van der Waals surface area contributed by atoms with Crippen molar-refractivity contribution in [2.45, 2.75) is 34.6 Å². The van der Waals surface area contributed by atoms with Gasteiger partial charge in [-0.2, -0.15) is 0 Å². The van der Waals surface area contributed by atoms with Crippen LogP contribution in [0.3, 0.4) is 0 Å². The lowest BCUT2D eigenvalue weighted by Crippen LogP contribution is -2.32. The summed E-state index contributed by atoms with van der Waals surface area (Å²) in [7, 11) is 0. The molecule has 0 aromatic heterocycles. The summed E-state index contributed by atoms with van der Waals surface area (Å²) < 4.78 is 0. The summed E-state index contributed by atoms with van der Waals surface area (Å²) in [6.07, 6.45) is 0. The highest BCUT2D eigenvalue weighted by molar-refractivity contribution is 4.78. The van der Waals surface area contributed by atoms with Crippen LogP contribution >= 0.6 is 0 Å². The van der Waals surface area contributed by atoms with Crippen molar-refractivity contribution >= 4 is 0 Å². The van der Waals surface area contributed by atoms with E-state index in [4.69, 9.17) is 5.73 Å². The van der Waals surface area contributed by atoms with Gasteiger partial charge in [-0.25, -0.2) is 0 Å². The van der Waals surface area contributed by atoms with Gasteiger partial charge < -0.3 is 5.73 Å². The number of hydrogen-bond acceptors (Lipinski definition) is 1. The molecule has 2 N–H and O–H groups in total. The zero-order valence-electron chi connectivity index (χ0n) is 7.94. The van der Waals surface area contributed by atoms with Crippen molar-refractivity contribution in [2.24, 2.45) is 23.0 Å². The first-order chi connectivity index (χ1) is 4.42. The fourth-order valence-corrected chi connectivity index (χ4v) is 0.873. The zero-order chi connectivity index (χ0) is 8.36. The maximum Gasteiger partial charge on any atom is -0.00463 e. The molecule has 0 heterocycles. The van der Waals surface area contributed by atoms with E-state index in [0.717, 1.165) is 6.54 Å². The lowest BCUT2D eigenvalue weighted by molar-refractivity contribution is 0.157. The molecule has 0 unspecified atom stereocenters. The lowest BCUT2D eigenvalue weighted by atomic mass is 9.71. The fourth-order valence-electron chi connectivity index (χ4n) is 0.873. The van der Waals surface area contributed by atoms with E-state index in [9.17, 15) is 0 Å². The third-order valence-electron chi connectivity index (χ3n) is 3.11. The summed E-state index contributed by atoms with van der Waals surface area (Å²) in [5.41, 5.74) is 5.98. The molecule has 0 aliphatic carbocycles. The second-order valence-electron chi connectivity index (χ2n) is 4.11. The van der Waals surface area contributed by atoms with Crippen LogP contribution in [0.4, 0.5) is 0 Å². The Labute approximate surface area is 65.0 Å². The van der Waals surface area contributed by atoms with E-state index < -0.39 is 0 Å². The molecule has 1 atom stereocenters. The Morgan fingerprint density at radius 1 is 1.20 bits per heavy atom. The second-order valence-corrected chi connectivity index (χ2v) is 4.11. The molecule has 0 aromatic carbocycles. The van der Waals surface area contributed by atoms with Crippen molar-refractivity contribution < 1.29 is 0 Å². The smallest absolute Gasteiger partial charge is 0.00463 e. The molecule has 0 rings (SSSR count). The topological polar surface area (TPSA) is 26.0 Å². The van der Waals surface area contributed by atoms with Gasteiger partial charge in [0, 0.05) is 0 Å². The van der Waals surface area contributed by atoms with Crippen LogP contribution in [0.2, 0.25) is 0 Å². The van der Waals surface area contributed by atoms with Crippen LogP contribution in [-0.4, -0.2) is 6.54 Å². The lowest BCUT2D eigenvalue weighted by Gasteiger charge is -2.35. The van der Waals surface area contributed by atoms with E-state index in [2.05, 4.69) is 34.6 Å². The second kappa shape index (κ2) is 3.38. The minimum absolute atomic E-state index is 0.384. The summed E-state index contributed by atoms with van der Waals surface area (Å²) in [4.78, 5) is 0. The predicted molar refractivity (Wildman–Crippen MR) is 46.8 cm³/mol. The Morgan fingerprint density at radius 2 is 1.60 bits per heavy atom. The van der Waals surface area contributed by atoms with Crippen molar-refractivity contribution in [3.05, 3.63) is 0 Å². The van der Waals surface area contributed by atoms with Crippen LogP contribution in [0, 0.1) is 17.3 Å². The van der Waals surface area contributed by atoms with Gasteiger partial charge in [-0.1, -0.05) is 34.6 Å². The largest absolute Gasteiger partial charge is 0.330 e. The van der Waals surface area contributed by atoms with E-state index >= 15 is 0 Å². The first-order valence-electron chi connectivity index (χ1n) is 4.13. The molecule has 0 bridgehead atoms. The van der Waals surface area contributed by atoms with Gasteiger partial charge in [0.2, 0.25) is 0 Å². The van der Waals surface area contributed by atoms with Crippen molar-refractivity contribution in [3.63, 3.8) is 0 Å². The molecule has 0 radical (unpaired) electrons. The maximum absolute atomic E-state index is 5.60. The summed E-state index contributed by atoms with van der Waals surface area (Å²) in [6, 6.07) is 0. The highest BCUT2D eigenvalue weighted by Gasteiger charge is 2.27. The average molecular weight is 143 g/mol. The summed E-state index contributed by atoms with van der Waals surface area (Å²) in [5.74, 6) is 1.33. The Bertz CT molecular complexity index is 94.9. The van der Waals surface area contributed by atoms with Gasteiger partial charge in [0.15, 0.2) is 0 Å². The van der Waals surface area contributed by atoms with Gasteiger partial charge in [-0.3, -0.25) is 0 Å². The number of nitrogens with two attached hydrogens (primary N) is 1. The van der Waals surface area contributed by atoms with E-state index in [1.807, 2.05) is 0 Å². The van der Waals surface area contributed by atoms with E-state index in [1.54, 1.807) is 0 Å². The molecule has 1 heteroatoms. The number of rotatable bonds is 3. The number of hydrogen-bond donors (Lipinski definition) is 1. The molecular formula is C9H21N. The normalized spacial score (nSPS) is 15.9. The summed E-state index contributed by atoms with van der Waals surface area (Å²) >= 11 is 0. The van der Waals surface area contributed by atoms with Crippen LogP contribution in [0.5, 0.6) is 0 Å². The van der Waals surface area contributed by atoms with Crippen LogP contribution < -0.4 is 5.73 Å². The Kier molecular flexibility index (Phi) is 3.37. The highest BCUT2D eigenvalue weighted by Crippen LogP contribution is 2.33. The summed E-state index contributed by atoms with van der Waals surface area (Å²) in [5, 5.41) is 0. The van der Waals surface area contributed by atoms with Crippen LogP contribution in [0.25, 0.3) is 0 Å². The van der Waals surface area contributed by atoms with Gasteiger partial charge >= 0.3 is 0 Å². The van der Waals surface area contributed by atoms with Crippen molar-refractivity contribution in [3.8, 4) is 0 Å². The van der Waals surface area contributed by atoms with E-state index in [-0.39, 0.29) is 0 Å². The third-order valence-corrected chi connectivity index (χ3v) is 3.11. The Hall–Kier alpha value is -0.0400. The monoisotopic (exact) mass is 143 g/mol. The minimum atomic E-state index is 0.384. The van der Waals surface area contributed by atoms with Gasteiger partial charge in [0.1, 0.15) is 0 Å². The van der Waals surface area contributed by atoms with Crippen molar-refractivity contribution in [1.82, 2.24) is 0 Å². The maximum atomic E-state index is 5.60. The predicted octanol–water partition coefficient (Wildman–Crippen LogP) is 2.26. The van der Waals surface area contributed by atoms with Crippen LogP contribution in [0.15, 0.2) is 0 Å². The van der Waals surface area contributed by atoms with E-state index in [0.29, 0.717) is 17.3 Å². The molecule has 0 spiro atoms. The standard InChI is InChI=1S/C9H21N/c1-7(2)9(4,5)8(3)6-10/h7-8H,6,10H2,1-5H3/t8-/m0/s1. The molecule has 10 heavy (non-hydrogen) atoms. The summed E-state index contributed by atoms with van der Waals surface area (Å²) in [6.45, 7) is 12.1. The molecule has 0 saturated carbocycles. The third kappa shape index (κ3) is 1.98. The molecule has 0 aliphatic heterocycles. The highest BCUT2D eigenvalue weighted by atomic mass is 14.6. The average Bonchev–Trinajstić information content (AvgIpc) is 1.86. The van der Waals surface area contributed by atoms with Crippen LogP contribution in [0.1, 0.15) is 34.6 Å². The van der Waals surface area contributed by atoms with Gasteiger partial charge in [0.05, 0.1) is 0 Å². The van der Waals surface area contributed by atoms with Crippen molar-refractivity contribution in [1.29, 1.82) is 0 Å². The van der Waals surface area contributed by atoms with Gasteiger partial charge in [0.25, 0.3) is 0 Å². The molecular weight excluding hydrogens is 122 g/mol. The van der Waals surface area contributed by atoms with E-state index in [1.165, 1.54) is 0 Å². The fraction of sp³-hybridized carbons (Fsp3) is 1.00. The first kappa shape index (κ1) is 9.96. The molecule has 0 aromatic rings. The molecule has 1 nitrogen and oxygen atoms in total.